The van der Waals surface area contributed by atoms with Gasteiger partial charge in [0.25, 0.3) is 0 Å². The van der Waals surface area contributed by atoms with Crippen LogP contribution in [0.1, 0.15) is 61.3 Å². The summed E-state index contributed by atoms with van der Waals surface area (Å²) in [6, 6.07) is 0. The SMILES string of the molecule is CCC(C)(C)C(=O)OCC(=O)OC(C)(C)C(=O)OCCC(C)C. The predicted molar refractivity (Wildman–Crippen MR) is 85.6 cm³/mol. The summed E-state index contributed by atoms with van der Waals surface area (Å²) in [4.78, 5) is 35.5. The molecule has 0 atom stereocenters. The molecule has 0 aliphatic rings. The van der Waals surface area contributed by atoms with Crippen LogP contribution in [-0.4, -0.2) is 36.7 Å². The lowest BCUT2D eigenvalue weighted by Gasteiger charge is -2.24. The maximum absolute atomic E-state index is 11.9. The molecule has 0 radical (unpaired) electrons. The second kappa shape index (κ2) is 8.89. The second-order valence-electron chi connectivity index (χ2n) is 7.12. The lowest BCUT2D eigenvalue weighted by atomic mass is 9.91. The molecule has 6 nitrogen and oxygen atoms in total. The van der Waals surface area contributed by atoms with E-state index in [2.05, 4.69) is 0 Å². The van der Waals surface area contributed by atoms with E-state index in [0.717, 1.165) is 6.42 Å². The van der Waals surface area contributed by atoms with Gasteiger partial charge in [-0.15, -0.1) is 0 Å². The van der Waals surface area contributed by atoms with E-state index >= 15 is 0 Å². The van der Waals surface area contributed by atoms with E-state index in [4.69, 9.17) is 14.2 Å². The molecule has 0 rings (SSSR count). The Balaban J connectivity index is 4.36. The van der Waals surface area contributed by atoms with Crippen molar-refractivity contribution in [2.75, 3.05) is 13.2 Å². The Kier molecular flexibility index (Phi) is 8.28. The number of hydrogen-bond acceptors (Lipinski definition) is 6. The zero-order valence-electron chi connectivity index (χ0n) is 15.4. The Morgan fingerprint density at radius 1 is 0.957 bits per heavy atom. The molecule has 0 aliphatic heterocycles. The van der Waals surface area contributed by atoms with Crippen LogP contribution in [0.25, 0.3) is 0 Å². The first-order chi connectivity index (χ1) is 10.4. The van der Waals surface area contributed by atoms with Crippen LogP contribution >= 0.6 is 0 Å². The molecule has 134 valence electrons. The molecule has 0 heterocycles. The van der Waals surface area contributed by atoms with Crippen molar-refractivity contribution >= 4 is 17.9 Å². The van der Waals surface area contributed by atoms with Crippen molar-refractivity contribution in [3.8, 4) is 0 Å². The molecule has 0 fully saturated rings. The number of esters is 3. The summed E-state index contributed by atoms with van der Waals surface area (Å²) in [5.74, 6) is -1.47. The van der Waals surface area contributed by atoms with Crippen molar-refractivity contribution in [3.63, 3.8) is 0 Å². The van der Waals surface area contributed by atoms with Crippen LogP contribution in [0.15, 0.2) is 0 Å². The van der Waals surface area contributed by atoms with E-state index in [0.29, 0.717) is 12.3 Å². The minimum atomic E-state index is -1.42. The van der Waals surface area contributed by atoms with Gasteiger partial charge in [0.2, 0.25) is 5.60 Å². The van der Waals surface area contributed by atoms with Crippen molar-refractivity contribution < 1.29 is 28.6 Å². The molecule has 0 unspecified atom stereocenters. The van der Waals surface area contributed by atoms with Gasteiger partial charge in [-0.3, -0.25) is 4.79 Å². The second-order valence-corrected chi connectivity index (χ2v) is 7.12. The highest BCUT2D eigenvalue weighted by Crippen LogP contribution is 2.21. The number of hydrogen-bond donors (Lipinski definition) is 0. The van der Waals surface area contributed by atoms with E-state index in [9.17, 15) is 14.4 Å². The van der Waals surface area contributed by atoms with Gasteiger partial charge in [-0.25, -0.2) is 9.59 Å². The fraction of sp³-hybridized carbons (Fsp3) is 0.824. The summed E-state index contributed by atoms with van der Waals surface area (Å²) in [7, 11) is 0. The smallest absolute Gasteiger partial charge is 0.350 e. The topological polar surface area (TPSA) is 78.9 Å². The number of carbonyl (C=O) groups is 3. The first-order valence-corrected chi connectivity index (χ1v) is 7.98. The van der Waals surface area contributed by atoms with Crippen LogP contribution in [0.4, 0.5) is 0 Å². The average Bonchev–Trinajstić information content (AvgIpc) is 2.43. The van der Waals surface area contributed by atoms with E-state index < -0.39 is 35.5 Å². The summed E-state index contributed by atoms with van der Waals surface area (Å²) in [5.41, 5.74) is -2.08. The molecule has 0 N–H and O–H groups in total. The molecular formula is C17H30O6. The highest BCUT2D eigenvalue weighted by Gasteiger charge is 2.35. The monoisotopic (exact) mass is 330 g/mol. The maximum Gasteiger partial charge on any atom is 0.350 e. The van der Waals surface area contributed by atoms with Crippen LogP contribution in [0.2, 0.25) is 0 Å². The van der Waals surface area contributed by atoms with Crippen LogP contribution in [0.3, 0.4) is 0 Å². The Labute approximate surface area is 138 Å². The molecule has 0 saturated heterocycles. The molecule has 0 saturated carbocycles. The normalized spacial score (nSPS) is 12.0. The zero-order valence-corrected chi connectivity index (χ0v) is 15.4. The Morgan fingerprint density at radius 2 is 1.52 bits per heavy atom. The summed E-state index contributed by atoms with van der Waals surface area (Å²) >= 11 is 0. The molecule has 0 aromatic carbocycles. The molecule has 0 aromatic rings. The van der Waals surface area contributed by atoms with Crippen molar-refractivity contribution in [2.24, 2.45) is 11.3 Å². The van der Waals surface area contributed by atoms with E-state index in [1.165, 1.54) is 13.8 Å². The van der Waals surface area contributed by atoms with Gasteiger partial charge in [0.05, 0.1) is 12.0 Å². The van der Waals surface area contributed by atoms with Gasteiger partial charge in [0.15, 0.2) is 6.61 Å². The Bertz CT molecular complexity index is 423. The highest BCUT2D eigenvalue weighted by molar-refractivity contribution is 5.84. The lowest BCUT2D eigenvalue weighted by molar-refractivity contribution is -0.183. The fourth-order valence-corrected chi connectivity index (χ4v) is 1.38. The zero-order chi connectivity index (χ0) is 18.3. The third kappa shape index (κ3) is 8.00. The van der Waals surface area contributed by atoms with Crippen LogP contribution < -0.4 is 0 Å². The van der Waals surface area contributed by atoms with Gasteiger partial charge in [-0.2, -0.15) is 0 Å². The maximum atomic E-state index is 11.9. The molecule has 6 heteroatoms. The highest BCUT2D eigenvalue weighted by atomic mass is 16.6. The van der Waals surface area contributed by atoms with Crippen molar-refractivity contribution in [3.05, 3.63) is 0 Å². The summed E-state index contributed by atoms with van der Waals surface area (Å²) in [6.45, 7) is 12.0. The van der Waals surface area contributed by atoms with Crippen LogP contribution in [0.5, 0.6) is 0 Å². The van der Waals surface area contributed by atoms with Crippen LogP contribution in [0, 0.1) is 11.3 Å². The molecule has 0 amide bonds. The van der Waals surface area contributed by atoms with Gasteiger partial charge < -0.3 is 14.2 Å². The predicted octanol–water partition coefficient (Wildman–Crippen LogP) is 2.88. The first-order valence-electron chi connectivity index (χ1n) is 7.98. The first kappa shape index (κ1) is 21.4. The van der Waals surface area contributed by atoms with Gasteiger partial charge in [0, 0.05) is 0 Å². The Hall–Kier alpha value is -1.59. The van der Waals surface area contributed by atoms with E-state index in [-0.39, 0.29) is 6.61 Å². The molecule has 0 aliphatic carbocycles. The van der Waals surface area contributed by atoms with Gasteiger partial charge >= 0.3 is 17.9 Å². The average molecular weight is 330 g/mol. The third-order valence-electron chi connectivity index (χ3n) is 3.55. The summed E-state index contributed by atoms with van der Waals surface area (Å²) in [5, 5.41) is 0. The molecule has 23 heavy (non-hydrogen) atoms. The van der Waals surface area contributed by atoms with E-state index in [1.807, 2.05) is 20.8 Å². The fourth-order valence-electron chi connectivity index (χ4n) is 1.38. The minimum absolute atomic E-state index is 0.275. The number of carbonyl (C=O) groups excluding carboxylic acids is 3. The molecule has 0 bridgehead atoms. The summed E-state index contributed by atoms with van der Waals surface area (Å²) < 4.78 is 15.1. The number of ether oxygens (including phenoxy) is 3. The Morgan fingerprint density at radius 3 is 2.00 bits per heavy atom. The minimum Gasteiger partial charge on any atom is -0.463 e. The van der Waals surface area contributed by atoms with Crippen molar-refractivity contribution in [2.45, 2.75) is 66.9 Å². The summed E-state index contributed by atoms with van der Waals surface area (Å²) in [6.07, 6.45) is 1.33. The van der Waals surface area contributed by atoms with Gasteiger partial charge in [-0.05, 0) is 46.5 Å². The molecule has 0 spiro atoms. The van der Waals surface area contributed by atoms with Crippen LogP contribution in [-0.2, 0) is 28.6 Å². The number of rotatable bonds is 9. The molecule has 0 aromatic heterocycles. The standard InChI is InChI=1S/C17H30O6/c1-8-16(4,5)14(19)22-11-13(18)23-17(6,7)15(20)21-10-9-12(2)3/h12H,8-11H2,1-7H3. The third-order valence-corrected chi connectivity index (χ3v) is 3.55. The van der Waals surface area contributed by atoms with Crippen molar-refractivity contribution in [1.29, 1.82) is 0 Å². The largest absolute Gasteiger partial charge is 0.463 e. The van der Waals surface area contributed by atoms with Crippen molar-refractivity contribution in [1.82, 2.24) is 0 Å². The quantitative estimate of drug-likeness (QED) is 0.478. The molecular weight excluding hydrogens is 300 g/mol. The van der Waals surface area contributed by atoms with Gasteiger partial charge in [-0.1, -0.05) is 20.8 Å². The lowest BCUT2D eigenvalue weighted by Crippen LogP contribution is -2.40. The van der Waals surface area contributed by atoms with E-state index in [1.54, 1.807) is 13.8 Å². The van der Waals surface area contributed by atoms with Gasteiger partial charge in [0.1, 0.15) is 0 Å².